The molecule has 0 radical (unpaired) electrons. The van der Waals surface area contributed by atoms with Gasteiger partial charge in [0.05, 0.1) is 13.3 Å². The number of nitrogens with zero attached hydrogens (tertiary/aromatic N) is 2. The number of carbonyl (C=O) groups excluding carboxylic acids is 2. The molecule has 2 heterocycles. The zero-order valence-corrected chi connectivity index (χ0v) is 15.4. The van der Waals surface area contributed by atoms with Crippen molar-refractivity contribution in [3.8, 4) is 5.75 Å². The molecule has 7 heteroatoms. The number of rotatable bonds is 5. The minimum absolute atomic E-state index is 0.0292. The highest BCUT2D eigenvalue weighted by atomic mass is 32.1. The van der Waals surface area contributed by atoms with Crippen molar-refractivity contribution < 1.29 is 14.3 Å². The van der Waals surface area contributed by atoms with Gasteiger partial charge in [0.2, 0.25) is 5.91 Å². The van der Waals surface area contributed by atoms with E-state index in [9.17, 15) is 9.59 Å². The van der Waals surface area contributed by atoms with E-state index < -0.39 is 0 Å². The quantitative estimate of drug-likeness (QED) is 0.649. The number of thiophene rings is 1. The zero-order chi connectivity index (χ0) is 18.4. The second-order valence-corrected chi connectivity index (χ2v) is 7.03. The van der Waals surface area contributed by atoms with E-state index in [4.69, 9.17) is 4.74 Å². The summed E-state index contributed by atoms with van der Waals surface area (Å²) in [7, 11) is 1.58. The van der Waals surface area contributed by atoms with Crippen LogP contribution in [0.25, 0.3) is 0 Å². The van der Waals surface area contributed by atoms with Gasteiger partial charge in [-0.15, -0.1) is 11.3 Å². The van der Waals surface area contributed by atoms with E-state index in [-0.39, 0.29) is 17.7 Å². The fraction of sp³-hybridized carbons (Fsp3) is 0.316. The molecule has 1 aromatic carbocycles. The first kappa shape index (κ1) is 18.1. The molecule has 0 atom stereocenters. The average molecular weight is 371 g/mol. The number of carbonyl (C=O) groups is 2. The number of hydrogen-bond donors (Lipinski definition) is 1. The molecular weight excluding hydrogens is 350 g/mol. The van der Waals surface area contributed by atoms with Gasteiger partial charge >= 0.3 is 0 Å². The van der Waals surface area contributed by atoms with Crippen LogP contribution in [-0.2, 0) is 4.79 Å². The maximum atomic E-state index is 12.6. The topological polar surface area (TPSA) is 71.0 Å². The second kappa shape index (κ2) is 8.62. The summed E-state index contributed by atoms with van der Waals surface area (Å²) < 4.78 is 5.17. The number of likely N-dealkylation sites (tertiary alicyclic amines) is 1. The Morgan fingerprint density at radius 2 is 2.08 bits per heavy atom. The third kappa shape index (κ3) is 4.49. The molecule has 0 aliphatic carbocycles. The molecule has 1 aliphatic heterocycles. The Balaban J connectivity index is 1.50. The molecule has 6 nitrogen and oxygen atoms in total. The molecule has 1 aromatic heterocycles. The highest BCUT2D eigenvalue weighted by molar-refractivity contribution is 7.11. The summed E-state index contributed by atoms with van der Waals surface area (Å²) >= 11 is 1.56. The molecule has 1 aliphatic rings. The summed E-state index contributed by atoms with van der Waals surface area (Å²) in [5.41, 5.74) is 3.20. The molecular formula is C19H21N3O3S. The van der Waals surface area contributed by atoms with Crippen molar-refractivity contribution in [3.63, 3.8) is 0 Å². The summed E-state index contributed by atoms with van der Waals surface area (Å²) in [6, 6.07) is 11.0. The van der Waals surface area contributed by atoms with Crippen molar-refractivity contribution in [2.45, 2.75) is 12.8 Å². The monoisotopic (exact) mass is 371 g/mol. The summed E-state index contributed by atoms with van der Waals surface area (Å²) in [6.45, 7) is 1.12. The van der Waals surface area contributed by atoms with Crippen LogP contribution >= 0.6 is 11.3 Å². The summed E-state index contributed by atoms with van der Waals surface area (Å²) in [6.07, 6.45) is 2.91. The van der Waals surface area contributed by atoms with E-state index in [0.29, 0.717) is 37.2 Å². The lowest BCUT2D eigenvalue weighted by Gasteiger charge is -2.31. The van der Waals surface area contributed by atoms with Crippen LogP contribution in [0.4, 0.5) is 0 Å². The number of hydrogen-bond acceptors (Lipinski definition) is 5. The number of nitrogens with one attached hydrogen (secondary N) is 1. The van der Waals surface area contributed by atoms with Gasteiger partial charge in [-0.2, -0.15) is 5.10 Å². The normalized spacial score (nSPS) is 15.2. The lowest BCUT2D eigenvalue weighted by atomic mass is 9.95. The first-order valence-corrected chi connectivity index (χ1v) is 9.35. The van der Waals surface area contributed by atoms with Gasteiger partial charge in [0.15, 0.2) is 0 Å². The van der Waals surface area contributed by atoms with Crippen LogP contribution in [0.1, 0.15) is 28.1 Å². The predicted octanol–water partition coefficient (Wildman–Crippen LogP) is 2.76. The Morgan fingerprint density at radius 1 is 1.27 bits per heavy atom. The number of benzene rings is 1. The second-order valence-electron chi connectivity index (χ2n) is 6.05. The van der Waals surface area contributed by atoms with E-state index >= 15 is 0 Å². The number of piperidine rings is 1. The van der Waals surface area contributed by atoms with Gasteiger partial charge in [-0.3, -0.25) is 9.59 Å². The molecule has 26 heavy (non-hydrogen) atoms. The molecule has 1 N–H and O–H groups in total. The molecule has 2 aromatic rings. The average Bonchev–Trinajstić information content (AvgIpc) is 3.21. The lowest BCUT2D eigenvalue weighted by molar-refractivity contribution is -0.126. The largest absolute Gasteiger partial charge is 0.497 e. The van der Waals surface area contributed by atoms with E-state index in [1.54, 1.807) is 47.8 Å². The molecule has 136 valence electrons. The van der Waals surface area contributed by atoms with Gasteiger partial charge in [0.25, 0.3) is 5.91 Å². The summed E-state index contributed by atoms with van der Waals surface area (Å²) in [4.78, 5) is 27.6. The van der Waals surface area contributed by atoms with Gasteiger partial charge in [-0.25, -0.2) is 5.43 Å². The van der Waals surface area contributed by atoms with Gasteiger partial charge in [-0.1, -0.05) is 12.1 Å². The summed E-state index contributed by atoms with van der Waals surface area (Å²) in [5, 5.41) is 5.96. The van der Waals surface area contributed by atoms with Crippen LogP contribution in [0.3, 0.4) is 0 Å². The molecule has 0 saturated carbocycles. The maximum absolute atomic E-state index is 12.6. The minimum Gasteiger partial charge on any atom is -0.497 e. The standard InChI is InChI=1S/C19H21N3O3S/c1-25-16-5-2-4-15(12-16)19(24)22-9-7-14(8-10-22)18(23)21-20-13-17-6-3-11-26-17/h2-6,11-14H,7-10H2,1H3,(H,21,23)/b20-13-. The Kier molecular flexibility index (Phi) is 6.01. The first-order valence-electron chi connectivity index (χ1n) is 8.47. The molecule has 0 spiro atoms. The fourth-order valence-electron chi connectivity index (χ4n) is 2.90. The van der Waals surface area contributed by atoms with Crippen LogP contribution in [0, 0.1) is 5.92 Å². The van der Waals surface area contributed by atoms with E-state index in [0.717, 1.165) is 4.88 Å². The highest BCUT2D eigenvalue weighted by Gasteiger charge is 2.27. The summed E-state index contributed by atoms with van der Waals surface area (Å²) in [5.74, 6) is 0.420. The van der Waals surface area contributed by atoms with Crippen molar-refractivity contribution in [2.75, 3.05) is 20.2 Å². The Morgan fingerprint density at radius 3 is 2.77 bits per heavy atom. The van der Waals surface area contributed by atoms with Gasteiger partial charge in [0, 0.05) is 29.4 Å². The molecule has 0 bridgehead atoms. The molecule has 2 amide bonds. The molecule has 1 fully saturated rings. The van der Waals surface area contributed by atoms with Gasteiger partial charge in [0.1, 0.15) is 5.75 Å². The van der Waals surface area contributed by atoms with E-state index in [1.165, 1.54) is 0 Å². The van der Waals surface area contributed by atoms with Crippen molar-refractivity contribution >= 4 is 29.4 Å². The molecule has 1 saturated heterocycles. The van der Waals surface area contributed by atoms with Crippen molar-refractivity contribution in [2.24, 2.45) is 11.0 Å². The van der Waals surface area contributed by atoms with E-state index in [1.807, 2.05) is 23.6 Å². The van der Waals surface area contributed by atoms with E-state index in [2.05, 4.69) is 10.5 Å². The first-order chi connectivity index (χ1) is 12.7. The number of methoxy groups -OCH3 is 1. The number of amides is 2. The third-order valence-electron chi connectivity index (χ3n) is 4.38. The van der Waals surface area contributed by atoms with Crippen LogP contribution in [0.5, 0.6) is 5.75 Å². The predicted molar refractivity (Wildman–Crippen MR) is 102 cm³/mol. The van der Waals surface area contributed by atoms with Crippen molar-refractivity contribution in [1.29, 1.82) is 0 Å². The van der Waals surface area contributed by atoms with Crippen molar-refractivity contribution in [1.82, 2.24) is 10.3 Å². The molecule has 0 unspecified atom stereocenters. The van der Waals surface area contributed by atoms with Gasteiger partial charge < -0.3 is 9.64 Å². The maximum Gasteiger partial charge on any atom is 0.253 e. The third-order valence-corrected chi connectivity index (χ3v) is 5.19. The zero-order valence-electron chi connectivity index (χ0n) is 14.6. The highest BCUT2D eigenvalue weighted by Crippen LogP contribution is 2.21. The fourth-order valence-corrected chi connectivity index (χ4v) is 3.48. The van der Waals surface area contributed by atoms with Gasteiger partial charge in [-0.05, 0) is 42.5 Å². The van der Waals surface area contributed by atoms with Crippen LogP contribution in [-0.4, -0.2) is 43.1 Å². The Hall–Kier alpha value is -2.67. The lowest BCUT2D eigenvalue weighted by Crippen LogP contribution is -2.42. The molecule has 3 rings (SSSR count). The minimum atomic E-state index is -0.121. The number of ether oxygens (including phenoxy) is 1. The Labute approximate surface area is 156 Å². The van der Waals surface area contributed by atoms with Crippen LogP contribution < -0.4 is 10.2 Å². The Bertz CT molecular complexity index is 781. The smallest absolute Gasteiger partial charge is 0.253 e. The van der Waals surface area contributed by atoms with Crippen molar-refractivity contribution in [3.05, 3.63) is 52.2 Å². The van der Waals surface area contributed by atoms with Crippen LogP contribution in [0.15, 0.2) is 46.9 Å². The number of hydrazone groups is 1. The SMILES string of the molecule is COc1cccc(C(=O)N2CCC(C(=O)N/N=C\c3cccs3)CC2)c1. The van der Waals surface area contributed by atoms with Crippen LogP contribution in [0.2, 0.25) is 0 Å².